The average Bonchev–Trinajstić information content (AvgIpc) is 2.06. The summed E-state index contributed by atoms with van der Waals surface area (Å²) >= 11 is 5.60. The van der Waals surface area contributed by atoms with E-state index in [1.807, 2.05) is 0 Å². The van der Waals surface area contributed by atoms with Gasteiger partial charge in [0, 0.05) is 6.20 Å². The van der Waals surface area contributed by atoms with Crippen molar-refractivity contribution in [3.05, 3.63) is 28.8 Å². The molecule has 0 atom stereocenters. The fraction of sp³-hybridized carbons (Fsp3) is 0.400. The molecule has 0 spiro atoms. The molecular weight excluding hydrogens is 221 g/mol. The molecule has 0 N–H and O–H groups in total. The number of esters is 1. The molecule has 0 saturated carbocycles. The van der Waals surface area contributed by atoms with Crippen LogP contribution >= 0.6 is 11.6 Å². The van der Waals surface area contributed by atoms with Crippen molar-refractivity contribution in [2.45, 2.75) is 26.4 Å². The standard InChI is InChI=1S/C10H11ClFNO2/c1-10(2,3)15-9(14)7-4-6(11)5-13-8(7)12/h4-5H,1-3H3. The molecule has 0 bridgehead atoms. The third-order valence-electron chi connectivity index (χ3n) is 1.42. The van der Waals surface area contributed by atoms with Gasteiger partial charge in [-0.2, -0.15) is 4.39 Å². The lowest BCUT2D eigenvalue weighted by Gasteiger charge is -2.19. The topological polar surface area (TPSA) is 39.2 Å². The van der Waals surface area contributed by atoms with Gasteiger partial charge in [-0.3, -0.25) is 0 Å². The maximum Gasteiger partial charge on any atom is 0.343 e. The Kier molecular flexibility index (Phi) is 3.29. The second-order valence-electron chi connectivity index (χ2n) is 3.99. The van der Waals surface area contributed by atoms with Gasteiger partial charge < -0.3 is 4.74 Å². The van der Waals surface area contributed by atoms with Crippen LogP contribution in [-0.2, 0) is 4.74 Å². The molecule has 0 aliphatic heterocycles. The van der Waals surface area contributed by atoms with E-state index in [0.717, 1.165) is 6.20 Å². The Labute approximate surface area is 92.2 Å². The number of rotatable bonds is 1. The SMILES string of the molecule is CC(C)(C)OC(=O)c1cc(Cl)cnc1F. The number of halogens is 2. The zero-order chi connectivity index (χ0) is 11.6. The number of hydrogen-bond donors (Lipinski definition) is 0. The number of ether oxygens (including phenoxy) is 1. The summed E-state index contributed by atoms with van der Waals surface area (Å²) in [5.74, 6) is -1.65. The Morgan fingerprint density at radius 3 is 2.67 bits per heavy atom. The molecule has 1 heterocycles. The Bertz CT molecular complexity index is 387. The second kappa shape index (κ2) is 4.14. The van der Waals surface area contributed by atoms with Crippen molar-refractivity contribution >= 4 is 17.6 Å². The number of nitrogens with zero attached hydrogens (tertiary/aromatic N) is 1. The molecule has 0 unspecified atom stereocenters. The predicted octanol–water partition coefficient (Wildman–Crippen LogP) is 2.83. The molecule has 15 heavy (non-hydrogen) atoms. The van der Waals surface area contributed by atoms with Gasteiger partial charge in [-0.25, -0.2) is 9.78 Å². The Hall–Kier alpha value is -1.16. The van der Waals surface area contributed by atoms with Crippen LogP contribution in [0.3, 0.4) is 0 Å². The van der Waals surface area contributed by atoms with Crippen molar-refractivity contribution in [3.63, 3.8) is 0 Å². The molecule has 82 valence electrons. The van der Waals surface area contributed by atoms with Gasteiger partial charge in [0.05, 0.1) is 5.02 Å². The summed E-state index contributed by atoms with van der Waals surface area (Å²) in [5, 5.41) is 0.192. The van der Waals surface area contributed by atoms with Crippen LogP contribution < -0.4 is 0 Å². The van der Waals surface area contributed by atoms with E-state index in [9.17, 15) is 9.18 Å². The van der Waals surface area contributed by atoms with E-state index in [4.69, 9.17) is 16.3 Å². The maximum atomic E-state index is 13.1. The van der Waals surface area contributed by atoms with Crippen molar-refractivity contribution in [2.75, 3.05) is 0 Å². The highest BCUT2D eigenvalue weighted by atomic mass is 35.5. The number of carbonyl (C=O) groups is 1. The first-order valence-corrected chi connectivity index (χ1v) is 4.72. The molecule has 5 heteroatoms. The number of hydrogen-bond acceptors (Lipinski definition) is 3. The summed E-state index contributed by atoms with van der Waals surface area (Å²) in [4.78, 5) is 14.8. The van der Waals surface area contributed by atoms with Gasteiger partial charge in [-0.05, 0) is 26.8 Å². The van der Waals surface area contributed by atoms with Crippen molar-refractivity contribution in [3.8, 4) is 0 Å². The average molecular weight is 232 g/mol. The van der Waals surface area contributed by atoms with Gasteiger partial charge in [-0.1, -0.05) is 11.6 Å². The minimum atomic E-state index is -0.881. The number of aromatic nitrogens is 1. The van der Waals surface area contributed by atoms with E-state index in [-0.39, 0.29) is 10.6 Å². The summed E-state index contributed by atoms with van der Waals surface area (Å²) in [6.07, 6.45) is 1.13. The van der Waals surface area contributed by atoms with Crippen LogP contribution in [0.5, 0.6) is 0 Å². The van der Waals surface area contributed by atoms with Gasteiger partial charge in [0.25, 0.3) is 0 Å². The fourth-order valence-corrected chi connectivity index (χ4v) is 1.06. The third-order valence-corrected chi connectivity index (χ3v) is 1.63. The highest BCUT2D eigenvalue weighted by Crippen LogP contribution is 2.16. The van der Waals surface area contributed by atoms with Crippen LogP contribution in [0, 0.1) is 5.95 Å². The largest absolute Gasteiger partial charge is 0.456 e. The first-order valence-electron chi connectivity index (χ1n) is 4.34. The third kappa shape index (κ3) is 3.47. The summed E-state index contributed by atoms with van der Waals surface area (Å²) in [6.45, 7) is 5.09. The lowest BCUT2D eigenvalue weighted by Crippen LogP contribution is -2.24. The van der Waals surface area contributed by atoms with Crippen LogP contribution in [0.15, 0.2) is 12.3 Å². The predicted molar refractivity (Wildman–Crippen MR) is 54.4 cm³/mol. The monoisotopic (exact) mass is 231 g/mol. The van der Waals surface area contributed by atoms with Crippen molar-refractivity contribution in [2.24, 2.45) is 0 Å². The van der Waals surface area contributed by atoms with Crippen LogP contribution in [0.25, 0.3) is 0 Å². The molecule has 1 aromatic rings. The van der Waals surface area contributed by atoms with Gasteiger partial charge in [-0.15, -0.1) is 0 Å². The van der Waals surface area contributed by atoms with Crippen molar-refractivity contribution < 1.29 is 13.9 Å². The lowest BCUT2D eigenvalue weighted by atomic mass is 10.2. The summed E-state index contributed by atoms with van der Waals surface area (Å²) < 4.78 is 18.1. The number of pyridine rings is 1. The van der Waals surface area contributed by atoms with Crippen LogP contribution in [0.2, 0.25) is 5.02 Å². The Morgan fingerprint density at radius 1 is 1.53 bits per heavy atom. The molecule has 0 radical (unpaired) electrons. The van der Waals surface area contributed by atoms with E-state index >= 15 is 0 Å². The first kappa shape index (κ1) is 11.9. The molecule has 0 aliphatic carbocycles. The molecular formula is C10H11ClFNO2. The Morgan fingerprint density at radius 2 is 2.13 bits per heavy atom. The summed E-state index contributed by atoms with van der Waals surface area (Å²) in [6, 6.07) is 1.19. The molecule has 0 aromatic carbocycles. The minimum Gasteiger partial charge on any atom is -0.456 e. The molecule has 1 aromatic heterocycles. The molecule has 0 aliphatic rings. The molecule has 1 rings (SSSR count). The van der Waals surface area contributed by atoms with Gasteiger partial charge in [0.15, 0.2) is 0 Å². The zero-order valence-electron chi connectivity index (χ0n) is 8.67. The van der Waals surface area contributed by atoms with Crippen LogP contribution in [-0.4, -0.2) is 16.6 Å². The van der Waals surface area contributed by atoms with E-state index in [1.54, 1.807) is 20.8 Å². The lowest BCUT2D eigenvalue weighted by molar-refractivity contribution is 0.00637. The van der Waals surface area contributed by atoms with Crippen LogP contribution in [0.4, 0.5) is 4.39 Å². The van der Waals surface area contributed by atoms with E-state index in [1.165, 1.54) is 6.07 Å². The van der Waals surface area contributed by atoms with Gasteiger partial charge in [0.1, 0.15) is 11.2 Å². The first-order chi connectivity index (χ1) is 6.79. The minimum absolute atomic E-state index is 0.192. The maximum absolute atomic E-state index is 13.1. The highest BCUT2D eigenvalue weighted by molar-refractivity contribution is 6.30. The molecule has 3 nitrogen and oxygen atoms in total. The van der Waals surface area contributed by atoms with E-state index in [0.29, 0.717) is 0 Å². The van der Waals surface area contributed by atoms with Crippen molar-refractivity contribution in [1.82, 2.24) is 4.98 Å². The zero-order valence-corrected chi connectivity index (χ0v) is 9.43. The van der Waals surface area contributed by atoms with Crippen molar-refractivity contribution in [1.29, 1.82) is 0 Å². The second-order valence-corrected chi connectivity index (χ2v) is 4.43. The van der Waals surface area contributed by atoms with E-state index in [2.05, 4.69) is 4.98 Å². The van der Waals surface area contributed by atoms with E-state index < -0.39 is 17.5 Å². The Balaban J connectivity index is 2.96. The smallest absolute Gasteiger partial charge is 0.343 e. The highest BCUT2D eigenvalue weighted by Gasteiger charge is 2.21. The molecule has 0 saturated heterocycles. The molecule has 0 amide bonds. The summed E-state index contributed by atoms with van der Waals surface area (Å²) in [5.41, 5.74) is -0.927. The van der Waals surface area contributed by atoms with Crippen LogP contribution in [0.1, 0.15) is 31.1 Å². The quantitative estimate of drug-likeness (QED) is 0.551. The number of carbonyl (C=O) groups excluding carboxylic acids is 1. The van der Waals surface area contributed by atoms with Gasteiger partial charge in [0.2, 0.25) is 5.95 Å². The normalized spacial score (nSPS) is 11.3. The summed E-state index contributed by atoms with van der Waals surface area (Å²) in [7, 11) is 0. The fourth-order valence-electron chi connectivity index (χ4n) is 0.899. The molecule has 0 fully saturated rings. The van der Waals surface area contributed by atoms with Gasteiger partial charge >= 0.3 is 5.97 Å².